The first-order valence-corrected chi connectivity index (χ1v) is 9.92. The highest BCUT2D eigenvalue weighted by Gasteiger charge is 2.55. The lowest BCUT2D eigenvalue weighted by Gasteiger charge is -2.58. The maximum Gasteiger partial charge on any atom is 0.328 e. The van der Waals surface area contributed by atoms with Gasteiger partial charge in [0.15, 0.2) is 0 Å². The van der Waals surface area contributed by atoms with E-state index in [9.17, 15) is 19.5 Å². The SMILES string of the molecule is CC(=O)OC/C(=C/C(=O)O)CCC1C(C=O)=CC(O)C2C(C)(C)CCCC12C. The molecule has 0 aromatic rings. The van der Waals surface area contributed by atoms with Crippen molar-refractivity contribution < 1.29 is 29.3 Å². The van der Waals surface area contributed by atoms with E-state index in [2.05, 4.69) is 20.8 Å². The number of carboxylic acids is 1. The molecule has 0 bridgehead atoms. The second kappa shape index (κ2) is 8.60. The average molecular weight is 392 g/mol. The largest absolute Gasteiger partial charge is 0.478 e. The summed E-state index contributed by atoms with van der Waals surface area (Å²) in [6, 6.07) is 0. The third kappa shape index (κ3) is 4.72. The predicted octanol–water partition coefficient (Wildman–Crippen LogP) is 3.29. The second-order valence-electron chi connectivity index (χ2n) is 9.11. The Hall–Kier alpha value is -1.95. The van der Waals surface area contributed by atoms with Gasteiger partial charge in [-0.1, -0.05) is 27.2 Å². The zero-order valence-electron chi connectivity index (χ0n) is 17.2. The van der Waals surface area contributed by atoms with Crippen LogP contribution in [0.4, 0.5) is 0 Å². The zero-order valence-corrected chi connectivity index (χ0v) is 17.2. The quantitative estimate of drug-likeness (QED) is 0.392. The molecule has 28 heavy (non-hydrogen) atoms. The highest BCUT2D eigenvalue weighted by atomic mass is 16.5. The summed E-state index contributed by atoms with van der Waals surface area (Å²) >= 11 is 0. The number of ether oxygens (including phenoxy) is 1. The van der Waals surface area contributed by atoms with Crippen LogP contribution < -0.4 is 0 Å². The second-order valence-corrected chi connectivity index (χ2v) is 9.11. The molecule has 4 unspecified atom stereocenters. The van der Waals surface area contributed by atoms with Crippen molar-refractivity contribution in [2.24, 2.45) is 22.7 Å². The van der Waals surface area contributed by atoms with E-state index >= 15 is 0 Å². The van der Waals surface area contributed by atoms with Crippen LogP contribution in [0.3, 0.4) is 0 Å². The standard InChI is InChI=1S/C22H32O6/c1-14(24)28-13-15(10-19(26)27)6-7-17-16(12-23)11-18(25)20-21(2,3)8-5-9-22(17,20)4/h10-12,17-18,20,25H,5-9,13H2,1-4H3,(H,26,27)/b15-10+. The first kappa shape index (κ1) is 22.3. The van der Waals surface area contributed by atoms with E-state index < -0.39 is 18.0 Å². The molecule has 0 spiro atoms. The molecular formula is C22H32O6. The molecule has 2 rings (SSSR count). The number of allylic oxidation sites excluding steroid dienone is 1. The predicted molar refractivity (Wildman–Crippen MR) is 104 cm³/mol. The van der Waals surface area contributed by atoms with Crippen LogP contribution in [0, 0.1) is 22.7 Å². The first-order valence-electron chi connectivity index (χ1n) is 9.92. The highest BCUT2D eigenvalue weighted by Crippen LogP contribution is 2.60. The number of aliphatic carboxylic acids is 1. The summed E-state index contributed by atoms with van der Waals surface area (Å²) in [6.07, 6.45) is 6.87. The number of aldehydes is 1. The molecule has 156 valence electrons. The Bertz CT molecular complexity index is 689. The van der Waals surface area contributed by atoms with Crippen LogP contribution in [0.5, 0.6) is 0 Å². The molecule has 1 saturated carbocycles. The Kier molecular flexibility index (Phi) is 6.86. The van der Waals surface area contributed by atoms with E-state index in [0.29, 0.717) is 24.0 Å². The van der Waals surface area contributed by atoms with Crippen LogP contribution in [-0.4, -0.2) is 41.1 Å². The maximum atomic E-state index is 11.8. The number of esters is 1. The van der Waals surface area contributed by atoms with Gasteiger partial charge in [-0.15, -0.1) is 0 Å². The molecular weight excluding hydrogens is 360 g/mol. The van der Waals surface area contributed by atoms with Crippen LogP contribution in [-0.2, 0) is 19.1 Å². The number of aliphatic hydroxyl groups is 1. The number of carboxylic acid groups (broad SMARTS) is 1. The molecule has 4 atom stereocenters. The summed E-state index contributed by atoms with van der Waals surface area (Å²) in [4.78, 5) is 34.0. The Morgan fingerprint density at radius 1 is 1.29 bits per heavy atom. The third-order valence-electron chi connectivity index (χ3n) is 6.67. The Labute approximate surface area is 166 Å². The molecule has 0 saturated heterocycles. The van der Waals surface area contributed by atoms with Crippen molar-refractivity contribution in [2.75, 3.05) is 6.61 Å². The normalized spacial score (nSPS) is 32.1. The van der Waals surface area contributed by atoms with E-state index in [1.54, 1.807) is 6.08 Å². The number of hydrogen-bond acceptors (Lipinski definition) is 5. The minimum atomic E-state index is -1.09. The monoisotopic (exact) mass is 392 g/mol. The molecule has 6 heteroatoms. The molecule has 0 heterocycles. The van der Waals surface area contributed by atoms with Gasteiger partial charge >= 0.3 is 11.9 Å². The maximum absolute atomic E-state index is 11.8. The van der Waals surface area contributed by atoms with Crippen LogP contribution in [0.2, 0.25) is 0 Å². The summed E-state index contributed by atoms with van der Waals surface area (Å²) < 4.78 is 4.99. The zero-order chi connectivity index (χ0) is 21.1. The number of rotatable bonds is 7. The van der Waals surface area contributed by atoms with Crippen LogP contribution in [0.1, 0.15) is 59.8 Å². The number of carbonyl (C=O) groups excluding carboxylic acids is 2. The first-order chi connectivity index (χ1) is 13.0. The van der Waals surface area contributed by atoms with E-state index in [1.807, 2.05) is 0 Å². The molecule has 2 N–H and O–H groups in total. The van der Waals surface area contributed by atoms with Gasteiger partial charge in [0.25, 0.3) is 0 Å². The van der Waals surface area contributed by atoms with Gasteiger partial charge < -0.3 is 14.9 Å². The Morgan fingerprint density at radius 2 is 1.96 bits per heavy atom. The van der Waals surface area contributed by atoms with Crippen LogP contribution in [0.15, 0.2) is 23.3 Å². The summed E-state index contributed by atoms with van der Waals surface area (Å²) in [5.41, 5.74) is 0.801. The molecule has 1 fully saturated rings. The number of aliphatic hydroxyl groups excluding tert-OH is 1. The van der Waals surface area contributed by atoms with Gasteiger partial charge in [-0.2, -0.15) is 0 Å². The molecule has 0 radical (unpaired) electrons. The van der Waals surface area contributed by atoms with Gasteiger partial charge in [0, 0.05) is 13.0 Å². The Morgan fingerprint density at radius 3 is 2.54 bits per heavy atom. The van der Waals surface area contributed by atoms with E-state index in [1.165, 1.54) is 6.92 Å². The van der Waals surface area contributed by atoms with Crippen molar-refractivity contribution >= 4 is 18.2 Å². The van der Waals surface area contributed by atoms with Crippen molar-refractivity contribution in [1.29, 1.82) is 0 Å². The minimum Gasteiger partial charge on any atom is -0.478 e. The van der Waals surface area contributed by atoms with Crippen molar-refractivity contribution in [3.05, 3.63) is 23.3 Å². The van der Waals surface area contributed by atoms with Crippen molar-refractivity contribution in [1.82, 2.24) is 0 Å². The minimum absolute atomic E-state index is 0.0304. The van der Waals surface area contributed by atoms with Crippen molar-refractivity contribution in [2.45, 2.75) is 65.9 Å². The topological polar surface area (TPSA) is 101 Å². The molecule has 6 nitrogen and oxygen atoms in total. The molecule has 0 amide bonds. The fraction of sp³-hybridized carbons (Fsp3) is 0.682. The summed E-state index contributed by atoms with van der Waals surface area (Å²) in [7, 11) is 0. The van der Waals surface area contributed by atoms with Gasteiger partial charge in [0.2, 0.25) is 0 Å². The third-order valence-corrected chi connectivity index (χ3v) is 6.67. The number of hydrogen-bond donors (Lipinski definition) is 2. The summed E-state index contributed by atoms with van der Waals surface area (Å²) in [6.45, 7) is 7.71. The lowest BCUT2D eigenvalue weighted by atomic mass is 9.47. The molecule has 0 aliphatic heterocycles. The van der Waals surface area contributed by atoms with Gasteiger partial charge in [-0.3, -0.25) is 9.59 Å². The van der Waals surface area contributed by atoms with E-state index in [0.717, 1.165) is 31.6 Å². The number of fused-ring (bicyclic) bond motifs is 1. The molecule has 2 aliphatic carbocycles. The summed E-state index contributed by atoms with van der Waals surface area (Å²) in [5.74, 6) is -1.60. The Balaban J connectivity index is 2.30. The lowest BCUT2D eigenvalue weighted by molar-refractivity contribution is -0.140. The fourth-order valence-corrected chi connectivity index (χ4v) is 5.66. The van der Waals surface area contributed by atoms with Gasteiger partial charge in [0.05, 0.1) is 6.10 Å². The van der Waals surface area contributed by atoms with Gasteiger partial charge in [-0.05, 0) is 65.6 Å². The smallest absolute Gasteiger partial charge is 0.328 e. The van der Waals surface area contributed by atoms with Crippen LogP contribution in [0.25, 0.3) is 0 Å². The highest BCUT2D eigenvalue weighted by molar-refractivity contribution is 5.81. The van der Waals surface area contributed by atoms with E-state index in [-0.39, 0.29) is 29.3 Å². The molecule has 0 aromatic carbocycles. The average Bonchev–Trinajstić information content (AvgIpc) is 2.56. The molecule has 2 aliphatic rings. The van der Waals surface area contributed by atoms with Gasteiger partial charge in [-0.25, -0.2) is 4.79 Å². The van der Waals surface area contributed by atoms with Gasteiger partial charge in [0.1, 0.15) is 12.9 Å². The summed E-state index contributed by atoms with van der Waals surface area (Å²) in [5, 5.41) is 19.9. The van der Waals surface area contributed by atoms with E-state index in [4.69, 9.17) is 9.84 Å². The van der Waals surface area contributed by atoms with Crippen molar-refractivity contribution in [3.8, 4) is 0 Å². The molecule has 0 aromatic heterocycles. The lowest BCUT2D eigenvalue weighted by Crippen LogP contribution is -2.54. The number of carbonyl (C=O) groups is 3. The van der Waals surface area contributed by atoms with Crippen LogP contribution >= 0.6 is 0 Å². The fourth-order valence-electron chi connectivity index (χ4n) is 5.66. The van der Waals surface area contributed by atoms with Crippen molar-refractivity contribution in [3.63, 3.8) is 0 Å².